The number of ether oxygens (including phenoxy) is 1. The van der Waals surface area contributed by atoms with Gasteiger partial charge in [-0.2, -0.15) is 0 Å². The molecule has 9 heteroatoms. The maximum atomic E-state index is 5.84. The van der Waals surface area contributed by atoms with E-state index >= 15 is 0 Å². The molecule has 7 nitrogen and oxygen atoms in total. The van der Waals surface area contributed by atoms with E-state index in [1.807, 2.05) is 32.0 Å². The topological polar surface area (TPSA) is 100.0 Å². The van der Waals surface area contributed by atoms with E-state index in [4.69, 9.17) is 26.5 Å². The van der Waals surface area contributed by atoms with Crippen molar-refractivity contribution in [2.75, 3.05) is 5.73 Å². The van der Waals surface area contributed by atoms with Gasteiger partial charge in [-0.05, 0) is 42.8 Å². The van der Waals surface area contributed by atoms with Gasteiger partial charge < -0.3 is 14.9 Å². The molecule has 0 spiro atoms. The lowest BCUT2D eigenvalue weighted by molar-refractivity contribution is 0.250. The number of rotatable bonds is 5. The van der Waals surface area contributed by atoms with Crippen LogP contribution in [0, 0.1) is 13.8 Å². The largest absolute Gasteiger partial charge is 0.484 e. The molecule has 0 saturated heterocycles. The van der Waals surface area contributed by atoms with Gasteiger partial charge >= 0.3 is 0 Å². The third-order valence-corrected chi connectivity index (χ3v) is 3.98. The summed E-state index contributed by atoms with van der Waals surface area (Å²) < 4.78 is 11.3. The molecule has 1 aromatic carbocycles. The summed E-state index contributed by atoms with van der Waals surface area (Å²) in [6, 6.07) is 7.57. The highest BCUT2D eigenvalue weighted by Crippen LogP contribution is 2.27. The zero-order valence-corrected chi connectivity index (χ0v) is 14.6. The summed E-state index contributed by atoms with van der Waals surface area (Å²) in [5, 5.41) is 9.00. The van der Waals surface area contributed by atoms with Gasteiger partial charge in [0, 0.05) is 6.07 Å². The van der Waals surface area contributed by atoms with Gasteiger partial charge in [-0.3, -0.25) is 0 Å². The average molecular weight is 364 g/mol. The van der Waals surface area contributed by atoms with Crippen molar-refractivity contribution in [2.24, 2.45) is 0 Å². The van der Waals surface area contributed by atoms with E-state index in [0.29, 0.717) is 16.1 Å². The number of hydrogen-bond acceptors (Lipinski definition) is 8. The number of nitrogens with two attached hydrogens (primary N) is 1. The molecule has 3 rings (SSSR count). The Morgan fingerprint density at radius 1 is 1.21 bits per heavy atom. The van der Waals surface area contributed by atoms with E-state index in [0.717, 1.165) is 28.6 Å². The highest BCUT2D eigenvalue weighted by molar-refractivity contribution is 7.99. The lowest BCUT2D eigenvalue weighted by atomic mass is 10.1. The molecule has 0 aliphatic rings. The molecule has 2 heterocycles. The van der Waals surface area contributed by atoms with Gasteiger partial charge in [0.15, 0.2) is 6.61 Å². The third-order valence-electron chi connectivity index (χ3n) is 3.02. The van der Waals surface area contributed by atoms with E-state index in [-0.39, 0.29) is 17.7 Å². The van der Waals surface area contributed by atoms with Gasteiger partial charge in [0.1, 0.15) is 15.9 Å². The van der Waals surface area contributed by atoms with Crippen LogP contribution in [0.3, 0.4) is 0 Å². The quantitative estimate of drug-likeness (QED) is 0.688. The summed E-state index contributed by atoms with van der Waals surface area (Å²) in [6.07, 6.45) is 0. The number of aromatic nitrogens is 4. The molecule has 124 valence electrons. The molecule has 0 bridgehead atoms. The van der Waals surface area contributed by atoms with Crippen molar-refractivity contribution in [2.45, 2.75) is 30.7 Å². The Morgan fingerprint density at radius 3 is 2.83 bits per heavy atom. The Balaban J connectivity index is 1.66. The van der Waals surface area contributed by atoms with Gasteiger partial charge in [-0.1, -0.05) is 23.7 Å². The fourth-order valence-electron chi connectivity index (χ4n) is 1.90. The minimum atomic E-state index is 0.0861. The van der Waals surface area contributed by atoms with Crippen LogP contribution in [0.25, 0.3) is 0 Å². The molecule has 2 aromatic heterocycles. The number of halogens is 1. The highest BCUT2D eigenvalue weighted by Gasteiger charge is 2.11. The van der Waals surface area contributed by atoms with Gasteiger partial charge in [0.25, 0.3) is 11.1 Å². The van der Waals surface area contributed by atoms with Crippen LogP contribution >= 0.6 is 23.4 Å². The van der Waals surface area contributed by atoms with Crippen molar-refractivity contribution in [3.05, 3.63) is 46.4 Å². The second kappa shape index (κ2) is 7.06. The lowest BCUT2D eigenvalue weighted by Gasteiger charge is -2.07. The molecule has 0 fully saturated rings. The first-order valence-corrected chi connectivity index (χ1v) is 8.19. The normalized spacial score (nSPS) is 10.8. The minimum Gasteiger partial charge on any atom is -0.484 e. The standard InChI is InChI=1S/C15H14ClN5O2S/c1-8-3-4-9(2)10(5-8)22-7-12-20-21-15(23-12)24-13-6-11(16)18-14(17)19-13/h3-6H,7H2,1-2H3,(H2,17,18,19). The molecule has 0 atom stereocenters. The van der Waals surface area contributed by atoms with E-state index in [2.05, 4.69) is 20.2 Å². The maximum Gasteiger partial charge on any atom is 0.283 e. The SMILES string of the molecule is Cc1ccc(C)c(OCc2nnc(Sc3cc(Cl)nc(N)n3)o2)c1. The highest BCUT2D eigenvalue weighted by atomic mass is 35.5. The zero-order chi connectivity index (χ0) is 17.1. The fraction of sp³-hybridized carbons (Fsp3) is 0.200. The molecule has 0 amide bonds. The van der Waals surface area contributed by atoms with Crippen molar-refractivity contribution in [1.29, 1.82) is 0 Å². The Bertz CT molecular complexity index is 851. The monoisotopic (exact) mass is 363 g/mol. The molecule has 0 aliphatic heterocycles. The first kappa shape index (κ1) is 16.5. The molecular formula is C15H14ClN5O2S. The summed E-state index contributed by atoms with van der Waals surface area (Å²) in [5.41, 5.74) is 7.71. The summed E-state index contributed by atoms with van der Waals surface area (Å²) in [4.78, 5) is 7.83. The van der Waals surface area contributed by atoms with Crippen LogP contribution in [-0.2, 0) is 6.61 Å². The van der Waals surface area contributed by atoms with Gasteiger partial charge in [-0.25, -0.2) is 9.97 Å². The predicted octanol–water partition coefficient (Wildman–Crippen LogP) is 3.44. The number of aryl methyl sites for hydroxylation is 2. The minimum absolute atomic E-state index is 0.0861. The van der Waals surface area contributed by atoms with Crippen LogP contribution in [0.5, 0.6) is 5.75 Å². The molecule has 3 aromatic rings. The van der Waals surface area contributed by atoms with Crippen molar-refractivity contribution >= 4 is 29.3 Å². The Kier molecular flexibility index (Phi) is 4.86. The van der Waals surface area contributed by atoms with Crippen LogP contribution in [0.2, 0.25) is 5.15 Å². The second-order valence-electron chi connectivity index (χ2n) is 5.01. The van der Waals surface area contributed by atoms with E-state index < -0.39 is 0 Å². The van der Waals surface area contributed by atoms with Crippen LogP contribution in [0.15, 0.2) is 38.9 Å². The molecule has 2 N–H and O–H groups in total. The molecule has 0 saturated carbocycles. The van der Waals surface area contributed by atoms with Crippen molar-refractivity contribution in [1.82, 2.24) is 20.2 Å². The Labute approximate surface area is 147 Å². The van der Waals surface area contributed by atoms with Crippen LogP contribution in [0.4, 0.5) is 5.95 Å². The van der Waals surface area contributed by atoms with E-state index in [9.17, 15) is 0 Å². The Hall–Kier alpha value is -2.32. The second-order valence-corrected chi connectivity index (χ2v) is 6.37. The smallest absolute Gasteiger partial charge is 0.283 e. The van der Waals surface area contributed by atoms with Crippen LogP contribution in [-0.4, -0.2) is 20.2 Å². The number of benzene rings is 1. The first-order valence-electron chi connectivity index (χ1n) is 7.00. The van der Waals surface area contributed by atoms with Crippen molar-refractivity contribution < 1.29 is 9.15 Å². The van der Waals surface area contributed by atoms with Crippen molar-refractivity contribution in [3.8, 4) is 5.75 Å². The average Bonchev–Trinajstić information content (AvgIpc) is 2.94. The number of hydrogen-bond donors (Lipinski definition) is 1. The zero-order valence-electron chi connectivity index (χ0n) is 13.0. The first-order chi connectivity index (χ1) is 11.5. The molecule has 0 unspecified atom stereocenters. The van der Waals surface area contributed by atoms with Crippen LogP contribution < -0.4 is 10.5 Å². The molecule has 0 radical (unpaired) electrons. The molecule has 24 heavy (non-hydrogen) atoms. The van der Waals surface area contributed by atoms with E-state index in [1.165, 1.54) is 0 Å². The maximum absolute atomic E-state index is 5.84. The third kappa shape index (κ3) is 4.15. The summed E-state index contributed by atoms with van der Waals surface area (Å²) in [7, 11) is 0. The number of nitrogen functional groups attached to an aromatic ring is 1. The van der Waals surface area contributed by atoms with Gasteiger partial charge in [-0.15, -0.1) is 10.2 Å². The molecule has 0 aliphatic carbocycles. The number of anilines is 1. The van der Waals surface area contributed by atoms with Crippen LogP contribution in [0.1, 0.15) is 17.0 Å². The van der Waals surface area contributed by atoms with Gasteiger partial charge in [0.2, 0.25) is 5.95 Å². The molecular weight excluding hydrogens is 350 g/mol. The predicted molar refractivity (Wildman–Crippen MR) is 90.1 cm³/mol. The fourth-order valence-corrected chi connectivity index (χ4v) is 2.86. The van der Waals surface area contributed by atoms with E-state index in [1.54, 1.807) is 6.07 Å². The summed E-state index contributed by atoms with van der Waals surface area (Å²) in [5.74, 6) is 1.24. The Morgan fingerprint density at radius 2 is 2.04 bits per heavy atom. The lowest BCUT2D eigenvalue weighted by Crippen LogP contribution is -1.97. The number of nitrogens with zero attached hydrogens (tertiary/aromatic N) is 4. The van der Waals surface area contributed by atoms with Crippen molar-refractivity contribution in [3.63, 3.8) is 0 Å². The van der Waals surface area contributed by atoms with Gasteiger partial charge in [0.05, 0.1) is 0 Å². The summed E-state index contributed by atoms with van der Waals surface area (Å²) >= 11 is 6.99. The summed E-state index contributed by atoms with van der Waals surface area (Å²) in [6.45, 7) is 4.17.